The molecule has 122 valence electrons. The maximum absolute atomic E-state index is 12.1. The average molecular weight is 342 g/mol. The topological polar surface area (TPSA) is 121 Å². The summed E-state index contributed by atoms with van der Waals surface area (Å²) in [6.07, 6.45) is -5.00. The Morgan fingerprint density at radius 1 is 1.18 bits per heavy atom. The highest BCUT2D eigenvalue weighted by atomic mass is 32.3. The molecule has 0 radical (unpaired) electrons. The molecule has 0 aliphatic rings. The fourth-order valence-corrected chi connectivity index (χ4v) is 2.59. The molecule has 0 heterocycles. The van der Waals surface area contributed by atoms with Gasteiger partial charge in [-0.1, -0.05) is 6.07 Å². The van der Waals surface area contributed by atoms with E-state index in [0.29, 0.717) is 6.07 Å². The van der Waals surface area contributed by atoms with Crippen LogP contribution in [0, 0.1) is 0 Å². The first-order chi connectivity index (χ1) is 9.92. The number of aliphatic carboxylic acids is 1. The third-order valence-corrected chi connectivity index (χ3v) is 3.87. The van der Waals surface area contributed by atoms with Crippen molar-refractivity contribution in [2.75, 3.05) is 5.75 Å². The number of ether oxygens (including phenoxy) is 1. The van der Waals surface area contributed by atoms with Gasteiger partial charge in [0.2, 0.25) is 5.78 Å². The van der Waals surface area contributed by atoms with E-state index in [1.807, 2.05) is 0 Å². The zero-order chi connectivity index (χ0) is 17.1. The molecule has 0 spiro atoms. The van der Waals surface area contributed by atoms with Crippen LogP contribution in [0.3, 0.4) is 0 Å². The van der Waals surface area contributed by atoms with Crippen molar-refractivity contribution in [3.05, 3.63) is 24.3 Å². The van der Waals surface area contributed by atoms with Crippen molar-refractivity contribution in [1.29, 1.82) is 0 Å². The molecular formula is C11H9F3O7S. The quantitative estimate of drug-likeness (QED) is 0.533. The van der Waals surface area contributed by atoms with Crippen LogP contribution in [-0.4, -0.2) is 43.9 Å². The fourth-order valence-electron chi connectivity index (χ4n) is 1.33. The van der Waals surface area contributed by atoms with Gasteiger partial charge < -0.3 is 9.84 Å². The Bertz CT molecular complexity index is 612. The number of hydrogen-bond acceptors (Lipinski definition) is 6. The minimum atomic E-state index is -5.00. The molecule has 0 atom stereocenters. The van der Waals surface area contributed by atoms with Gasteiger partial charge in [-0.15, -0.1) is 13.2 Å². The Morgan fingerprint density at radius 3 is 2.27 bits per heavy atom. The number of alkyl halides is 3. The predicted octanol–water partition coefficient (Wildman–Crippen LogP) is 1.92. The van der Waals surface area contributed by atoms with Crippen molar-refractivity contribution in [3.8, 4) is 5.75 Å². The van der Waals surface area contributed by atoms with Gasteiger partial charge in [0.05, 0.1) is 4.90 Å². The van der Waals surface area contributed by atoms with Crippen LogP contribution >= 0.6 is 10.6 Å². The molecule has 0 fully saturated rings. The maximum Gasteiger partial charge on any atom is 0.573 e. The predicted molar refractivity (Wildman–Crippen MR) is 66.8 cm³/mol. The summed E-state index contributed by atoms with van der Waals surface area (Å²) >= 11 is 0. The van der Waals surface area contributed by atoms with Crippen LogP contribution in [0.2, 0.25) is 0 Å². The minimum absolute atomic E-state index is 0.499. The van der Waals surface area contributed by atoms with Crippen LogP contribution in [0.4, 0.5) is 13.2 Å². The number of carbonyl (C=O) groups excluding carboxylic acids is 2. The van der Waals surface area contributed by atoms with Gasteiger partial charge in [0.15, 0.2) is 0 Å². The highest BCUT2D eigenvalue weighted by Crippen LogP contribution is 2.48. The second kappa shape index (κ2) is 6.34. The Labute approximate surface area is 122 Å². The first-order valence-corrected chi connectivity index (χ1v) is 7.06. The van der Waals surface area contributed by atoms with E-state index in [1.54, 1.807) is 0 Å². The summed E-state index contributed by atoms with van der Waals surface area (Å²) < 4.78 is 59.3. The van der Waals surface area contributed by atoms with E-state index in [4.69, 9.17) is 5.11 Å². The summed E-state index contributed by atoms with van der Waals surface area (Å²) in [4.78, 5) is 31.9. The number of carbonyl (C=O) groups is 3. The van der Waals surface area contributed by atoms with E-state index in [1.165, 1.54) is 0 Å². The lowest BCUT2D eigenvalue weighted by atomic mass is 10.3. The van der Waals surface area contributed by atoms with Crippen molar-refractivity contribution in [3.63, 3.8) is 0 Å². The van der Waals surface area contributed by atoms with Gasteiger partial charge in [0.25, 0.3) is 0 Å². The van der Waals surface area contributed by atoms with Gasteiger partial charge in [-0.05, 0) is 12.1 Å². The molecule has 1 rings (SSSR count). The fraction of sp³-hybridized carbons (Fsp3) is 0.182. The number of benzene rings is 1. The first-order valence-electron chi connectivity index (χ1n) is 5.34. The van der Waals surface area contributed by atoms with Crippen molar-refractivity contribution < 1.29 is 46.5 Å². The number of rotatable bonds is 6. The van der Waals surface area contributed by atoms with E-state index in [2.05, 4.69) is 4.74 Å². The number of carboxylic acid groups (broad SMARTS) is 1. The Kier molecular flexibility index (Phi) is 5.17. The van der Waals surface area contributed by atoms with E-state index in [-0.39, 0.29) is 0 Å². The van der Waals surface area contributed by atoms with Gasteiger partial charge in [-0.25, -0.2) is 4.79 Å². The minimum Gasteiger partial charge on any atom is -0.475 e. The smallest absolute Gasteiger partial charge is 0.475 e. The lowest BCUT2D eigenvalue weighted by Crippen LogP contribution is -2.28. The first kappa shape index (κ1) is 17.9. The molecule has 0 saturated carbocycles. The van der Waals surface area contributed by atoms with E-state index >= 15 is 0 Å². The molecule has 1 aromatic rings. The van der Waals surface area contributed by atoms with Gasteiger partial charge >= 0.3 is 18.1 Å². The number of halogens is 3. The molecule has 0 amide bonds. The number of Topliss-reactive ketones (excluding diaryl/α,β-unsaturated/α-hetero) is 2. The molecule has 3 N–H and O–H groups in total. The molecule has 22 heavy (non-hydrogen) atoms. The summed E-state index contributed by atoms with van der Waals surface area (Å²) in [6.45, 7) is 0. The summed E-state index contributed by atoms with van der Waals surface area (Å²) in [6, 6.07) is 3.52. The van der Waals surface area contributed by atoms with E-state index in [9.17, 15) is 36.7 Å². The lowest BCUT2D eigenvalue weighted by molar-refractivity contribution is -0.274. The molecule has 0 bridgehead atoms. The molecular weight excluding hydrogens is 333 g/mol. The van der Waals surface area contributed by atoms with Crippen LogP contribution in [0.5, 0.6) is 5.75 Å². The Morgan fingerprint density at radius 2 is 1.77 bits per heavy atom. The highest BCUT2D eigenvalue weighted by Gasteiger charge is 2.32. The van der Waals surface area contributed by atoms with Crippen LogP contribution < -0.4 is 4.74 Å². The van der Waals surface area contributed by atoms with Crippen molar-refractivity contribution in [2.45, 2.75) is 11.3 Å². The Hall–Kier alpha value is -2.11. The summed E-state index contributed by atoms with van der Waals surface area (Å²) in [5, 5.41) is 8.32. The van der Waals surface area contributed by atoms with Crippen LogP contribution in [-0.2, 0) is 14.4 Å². The SMILES string of the molecule is O=C(O)C(=O)C(=O)CS(O)(O)c1cccc(OC(F)(F)F)c1. The summed E-state index contributed by atoms with van der Waals surface area (Å²) in [5.74, 6) is -7.54. The third kappa shape index (κ3) is 5.02. The average Bonchev–Trinajstić information content (AvgIpc) is 2.35. The van der Waals surface area contributed by atoms with Crippen molar-refractivity contribution in [2.24, 2.45) is 0 Å². The Balaban J connectivity index is 2.98. The van der Waals surface area contributed by atoms with E-state index < -0.39 is 50.9 Å². The molecule has 0 saturated heterocycles. The van der Waals surface area contributed by atoms with Crippen molar-refractivity contribution >= 4 is 28.1 Å². The van der Waals surface area contributed by atoms with Crippen LogP contribution in [0.25, 0.3) is 0 Å². The van der Waals surface area contributed by atoms with Gasteiger partial charge in [-0.2, -0.15) is 10.6 Å². The monoisotopic (exact) mass is 342 g/mol. The molecule has 0 unspecified atom stereocenters. The summed E-state index contributed by atoms with van der Waals surface area (Å²) in [7, 11) is -4.00. The largest absolute Gasteiger partial charge is 0.573 e. The molecule has 0 aliphatic carbocycles. The molecule has 11 heteroatoms. The van der Waals surface area contributed by atoms with Crippen molar-refractivity contribution in [1.82, 2.24) is 0 Å². The standard InChI is InChI=1S/C11H9F3O7S/c12-11(13,14)21-6-2-1-3-7(4-6)22(19,20)5-8(15)9(16)10(17)18/h1-4,19-20H,5H2,(H,17,18). The molecule has 0 aromatic heterocycles. The van der Waals surface area contributed by atoms with Gasteiger partial charge in [0, 0.05) is 6.07 Å². The zero-order valence-corrected chi connectivity index (χ0v) is 11.3. The van der Waals surface area contributed by atoms with Crippen LogP contribution in [0.15, 0.2) is 29.2 Å². The second-order valence-corrected chi connectivity index (χ2v) is 5.98. The normalized spacial score (nSPS) is 12.6. The van der Waals surface area contributed by atoms with Gasteiger partial charge in [0.1, 0.15) is 11.5 Å². The highest BCUT2D eigenvalue weighted by molar-refractivity contribution is 8.25. The molecule has 0 aliphatic heterocycles. The zero-order valence-electron chi connectivity index (χ0n) is 10.5. The molecule has 7 nitrogen and oxygen atoms in total. The van der Waals surface area contributed by atoms with E-state index in [0.717, 1.165) is 18.2 Å². The number of carboxylic acids is 1. The number of hydrogen-bond donors (Lipinski definition) is 3. The lowest BCUT2D eigenvalue weighted by Gasteiger charge is -2.31. The number of ketones is 2. The summed E-state index contributed by atoms with van der Waals surface area (Å²) in [5.41, 5.74) is 0. The van der Waals surface area contributed by atoms with Crippen LogP contribution in [0.1, 0.15) is 0 Å². The maximum atomic E-state index is 12.1. The second-order valence-electron chi connectivity index (χ2n) is 3.89. The molecule has 1 aromatic carbocycles. The third-order valence-electron chi connectivity index (χ3n) is 2.20. The van der Waals surface area contributed by atoms with Gasteiger partial charge in [-0.3, -0.25) is 18.7 Å².